The minimum atomic E-state index is 1.08. The van der Waals surface area contributed by atoms with Crippen LogP contribution in [0.4, 0.5) is 11.4 Å². The summed E-state index contributed by atoms with van der Waals surface area (Å²) >= 11 is 0. The van der Waals surface area contributed by atoms with Crippen LogP contribution in [-0.4, -0.2) is 0 Å². The minimum Gasteiger partial charge on any atom is -0.311 e. The minimum absolute atomic E-state index is 1.08. The third-order valence-electron chi connectivity index (χ3n) is 7.32. The van der Waals surface area contributed by atoms with E-state index >= 15 is 0 Å². The molecule has 0 radical (unpaired) electrons. The van der Waals surface area contributed by atoms with Gasteiger partial charge in [0.2, 0.25) is 0 Å². The van der Waals surface area contributed by atoms with E-state index in [-0.39, 0.29) is 0 Å². The van der Waals surface area contributed by atoms with Crippen molar-refractivity contribution in [3.8, 4) is 11.1 Å². The molecule has 2 aliphatic carbocycles. The normalized spacial score (nSPS) is 14.8. The van der Waals surface area contributed by atoms with Crippen LogP contribution in [0.2, 0.25) is 0 Å². The van der Waals surface area contributed by atoms with Crippen molar-refractivity contribution in [1.82, 2.24) is 0 Å². The zero-order valence-corrected chi connectivity index (χ0v) is 22.2. The largest absolute Gasteiger partial charge is 0.311 e. The van der Waals surface area contributed by atoms with Crippen molar-refractivity contribution >= 4 is 29.1 Å². The predicted molar refractivity (Wildman–Crippen MR) is 169 cm³/mol. The SMILES string of the molecule is C1=CC(c2ccc(-c3ccc(/C=C/c4ccc(N(C5=CCCC=C5)c5ccccc5)cc4)cc3)cc2)=CCC1. The highest BCUT2D eigenvalue weighted by molar-refractivity contribution is 5.78. The van der Waals surface area contributed by atoms with Gasteiger partial charge in [-0.3, -0.25) is 0 Å². The average molecular weight is 504 g/mol. The Hall–Kier alpha value is -4.62. The van der Waals surface area contributed by atoms with Crippen LogP contribution in [0, 0.1) is 0 Å². The van der Waals surface area contributed by atoms with Crippen LogP contribution < -0.4 is 4.90 Å². The van der Waals surface area contributed by atoms with Crippen molar-refractivity contribution in [2.24, 2.45) is 0 Å². The molecule has 0 aromatic heterocycles. The highest BCUT2D eigenvalue weighted by Gasteiger charge is 2.13. The first-order valence-corrected chi connectivity index (χ1v) is 13.9. The highest BCUT2D eigenvalue weighted by atomic mass is 15.1. The lowest BCUT2D eigenvalue weighted by Crippen LogP contribution is -2.16. The Balaban J connectivity index is 1.15. The Bertz CT molecular complexity index is 1550. The summed E-state index contributed by atoms with van der Waals surface area (Å²) in [5.41, 5.74) is 11.1. The van der Waals surface area contributed by atoms with Crippen LogP contribution in [-0.2, 0) is 0 Å². The Labute approximate surface area is 232 Å². The van der Waals surface area contributed by atoms with E-state index in [4.69, 9.17) is 0 Å². The molecule has 0 atom stereocenters. The molecule has 4 aromatic rings. The number of nitrogens with zero attached hydrogens (tertiary/aromatic N) is 1. The molecule has 0 saturated carbocycles. The van der Waals surface area contributed by atoms with Crippen LogP contribution in [0.3, 0.4) is 0 Å². The summed E-state index contributed by atoms with van der Waals surface area (Å²) in [7, 11) is 0. The molecule has 0 fully saturated rings. The van der Waals surface area contributed by atoms with E-state index in [1.807, 2.05) is 0 Å². The fourth-order valence-electron chi connectivity index (χ4n) is 5.19. The van der Waals surface area contributed by atoms with Gasteiger partial charge in [0, 0.05) is 17.1 Å². The number of benzene rings is 4. The van der Waals surface area contributed by atoms with Crippen molar-refractivity contribution in [2.45, 2.75) is 25.7 Å². The maximum absolute atomic E-state index is 2.33. The first kappa shape index (κ1) is 24.7. The zero-order chi connectivity index (χ0) is 26.3. The number of para-hydroxylation sites is 1. The topological polar surface area (TPSA) is 3.24 Å². The standard InChI is InChI=1S/C38H33N/c1-4-10-32(11-5-1)34-24-26-35(27-25-34)33-22-18-30(19-23-33)16-17-31-20-28-38(29-21-31)39(36-12-6-2-7-13-36)37-14-8-3-9-15-37/h2,4,6-8,10-29H,1,3,5,9H2/b17-16+. The van der Waals surface area contributed by atoms with E-state index in [1.165, 1.54) is 50.5 Å². The van der Waals surface area contributed by atoms with Gasteiger partial charge >= 0.3 is 0 Å². The molecule has 0 amide bonds. The van der Waals surface area contributed by atoms with Gasteiger partial charge in [0.25, 0.3) is 0 Å². The third kappa shape index (κ3) is 5.94. The second-order valence-electron chi connectivity index (χ2n) is 10.0. The van der Waals surface area contributed by atoms with Gasteiger partial charge in [-0.25, -0.2) is 0 Å². The van der Waals surface area contributed by atoms with Crippen LogP contribution >= 0.6 is 0 Å². The average Bonchev–Trinajstić information content (AvgIpc) is 3.03. The molecule has 1 heteroatoms. The van der Waals surface area contributed by atoms with E-state index in [1.54, 1.807) is 0 Å². The molecule has 0 unspecified atom stereocenters. The number of hydrogen-bond acceptors (Lipinski definition) is 1. The van der Waals surface area contributed by atoms with Crippen LogP contribution in [0.1, 0.15) is 42.4 Å². The smallest absolute Gasteiger partial charge is 0.0461 e. The molecule has 0 bridgehead atoms. The summed E-state index contributed by atoms with van der Waals surface area (Å²) in [6.07, 6.45) is 22.5. The zero-order valence-electron chi connectivity index (χ0n) is 22.2. The summed E-state index contributed by atoms with van der Waals surface area (Å²) in [4.78, 5) is 2.33. The van der Waals surface area contributed by atoms with E-state index in [0.29, 0.717) is 0 Å². The lowest BCUT2D eigenvalue weighted by Gasteiger charge is -2.27. The number of anilines is 2. The molecule has 0 saturated heterocycles. The van der Waals surface area contributed by atoms with Crippen molar-refractivity contribution in [2.75, 3.05) is 4.90 Å². The van der Waals surface area contributed by atoms with Gasteiger partial charge in [0.15, 0.2) is 0 Å². The van der Waals surface area contributed by atoms with E-state index in [2.05, 4.69) is 157 Å². The van der Waals surface area contributed by atoms with Crippen molar-refractivity contribution in [3.63, 3.8) is 0 Å². The van der Waals surface area contributed by atoms with Gasteiger partial charge in [-0.15, -0.1) is 0 Å². The second-order valence-corrected chi connectivity index (χ2v) is 10.0. The molecule has 0 heterocycles. The van der Waals surface area contributed by atoms with Gasteiger partial charge in [0.1, 0.15) is 0 Å². The van der Waals surface area contributed by atoms with Gasteiger partial charge in [-0.2, -0.15) is 0 Å². The maximum atomic E-state index is 2.33. The van der Waals surface area contributed by atoms with Crippen LogP contribution in [0.5, 0.6) is 0 Å². The molecule has 39 heavy (non-hydrogen) atoms. The second kappa shape index (κ2) is 11.8. The molecule has 0 aliphatic heterocycles. The fourth-order valence-corrected chi connectivity index (χ4v) is 5.19. The van der Waals surface area contributed by atoms with Gasteiger partial charge < -0.3 is 4.90 Å². The van der Waals surface area contributed by atoms with Gasteiger partial charge in [-0.1, -0.05) is 121 Å². The van der Waals surface area contributed by atoms with E-state index in [0.717, 1.165) is 25.7 Å². The maximum Gasteiger partial charge on any atom is 0.0461 e. The van der Waals surface area contributed by atoms with Gasteiger partial charge in [-0.05, 0) is 89.4 Å². The first-order chi connectivity index (χ1) is 19.3. The van der Waals surface area contributed by atoms with E-state index in [9.17, 15) is 0 Å². The number of rotatable bonds is 7. The molecule has 1 nitrogen and oxygen atoms in total. The summed E-state index contributed by atoms with van der Waals surface area (Å²) in [6.45, 7) is 0. The molecule has 2 aliphatic rings. The lowest BCUT2D eigenvalue weighted by atomic mass is 9.96. The molecule has 190 valence electrons. The number of hydrogen-bond donors (Lipinski definition) is 0. The first-order valence-electron chi connectivity index (χ1n) is 13.9. The van der Waals surface area contributed by atoms with Crippen molar-refractivity contribution in [1.29, 1.82) is 0 Å². The quantitative estimate of drug-likeness (QED) is 0.227. The molecule has 4 aromatic carbocycles. The Kier molecular flexibility index (Phi) is 7.50. The van der Waals surface area contributed by atoms with Gasteiger partial charge in [0.05, 0.1) is 0 Å². The lowest BCUT2D eigenvalue weighted by molar-refractivity contribution is 0.997. The summed E-state index contributed by atoms with van der Waals surface area (Å²) < 4.78 is 0. The third-order valence-corrected chi connectivity index (χ3v) is 7.32. The number of allylic oxidation sites excluding steroid dienone is 7. The highest BCUT2D eigenvalue weighted by Crippen LogP contribution is 2.32. The Morgan fingerprint density at radius 1 is 0.462 bits per heavy atom. The molecule has 0 spiro atoms. The van der Waals surface area contributed by atoms with E-state index < -0.39 is 0 Å². The van der Waals surface area contributed by atoms with Crippen LogP contribution in [0.25, 0.3) is 28.9 Å². The summed E-state index contributed by atoms with van der Waals surface area (Å²) in [5.74, 6) is 0. The molecule has 0 N–H and O–H groups in total. The van der Waals surface area contributed by atoms with Crippen molar-refractivity contribution in [3.05, 3.63) is 162 Å². The predicted octanol–water partition coefficient (Wildman–Crippen LogP) is 10.6. The Morgan fingerprint density at radius 3 is 1.59 bits per heavy atom. The molecule has 6 rings (SSSR count). The summed E-state index contributed by atoms with van der Waals surface area (Å²) in [5, 5.41) is 0. The van der Waals surface area contributed by atoms with Crippen LogP contribution in [0.15, 0.2) is 145 Å². The fraction of sp³-hybridized carbons (Fsp3) is 0.105. The molecular formula is C38H33N. The Morgan fingerprint density at radius 2 is 1.00 bits per heavy atom. The molecular weight excluding hydrogens is 470 g/mol. The van der Waals surface area contributed by atoms with Crippen molar-refractivity contribution < 1.29 is 0 Å². The summed E-state index contributed by atoms with van der Waals surface area (Å²) in [6, 6.07) is 37.1. The monoisotopic (exact) mass is 503 g/mol.